The Morgan fingerprint density at radius 2 is 2.00 bits per heavy atom. The molecule has 0 bridgehead atoms. The van der Waals surface area contributed by atoms with Crippen LogP contribution in [0.4, 0.5) is 0 Å². The van der Waals surface area contributed by atoms with Gasteiger partial charge in [-0.1, -0.05) is 17.7 Å². The summed E-state index contributed by atoms with van der Waals surface area (Å²) in [7, 11) is 1.74. The van der Waals surface area contributed by atoms with E-state index >= 15 is 0 Å². The Bertz CT molecular complexity index is 493. The first-order valence-electron chi connectivity index (χ1n) is 8.25. The summed E-state index contributed by atoms with van der Waals surface area (Å²) in [4.78, 5) is 13.5. The lowest BCUT2D eigenvalue weighted by Gasteiger charge is -2.37. The molecule has 2 N–H and O–H groups in total. The minimum atomic E-state index is -0.0981. The molecule has 1 atom stereocenters. The van der Waals surface area contributed by atoms with Gasteiger partial charge in [0.05, 0.1) is 11.9 Å². The number of ether oxygens (including phenoxy) is 1. The molecule has 0 saturated carbocycles. The van der Waals surface area contributed by atoms with Gasteiger partial charge in [-0.15, -0.1) is 11.8 Å². The summed E-state index contributed by atoms with van der Waals surface area (Å²) < 4.78 is 5.40. The monoisotopic (exact) mass is 336 g/mol. The molecule has 1 fully saturated rings. The molecule has 1 heterocycles. The number of benzene rings is 1. The molecule has 4 nitrogen and oxygen atoms in total. The quantitative estimate of drug-likeness (QED) is 0.752. The van der Waals surface area contributed by atoms with E-state index in [0.717, 1.165) is 30.8 Å². The summed E-state index contributed by atoms with van der Waals surface area (Å²) in [6.45, 7) is 7.42. The molecule has 1 aromatic carbocycles. The number of amides is 1. The fraction of sp³-hybridized carbons (Fsp3) is 0.611. The summed E-state index contributed by atoms with van der Waals surface area (Å²) in [5, 5.41) is 6.42. The van der Waals surface area contributed by atoms with Crippen molar-refractivity contribution in [2.75, 3.05) is 33.4 Å². The summed E-state index contributed by atoms with van der Waals surface area (Å²) in [6.07, 6.45) is 2.08. The highest BCUT2D eigenvalue weighted by molar-refractivity contribution is 8.00. The van der Waals surface area contributed by atoms with Crippen molar-refractivity contribution >= 4 is 17.7 Å². The first-order chi connectivity index (χ1) is 11.0. The van der Waals surface area contributed by atoms with Crippen LogP contribution >= 0.6 is 11.8 Å². The second kappa shape index (κ2) is 8.71. The number of nitrogens with one attached hydrogen (secondary N) is 2. The van der Waals surface area contributed by atoms with Gasteiger partial charge < -0.3 is 15.4 Å². The molecular weight excluding hydrogens is 308 g/mol. The van der Waals surface area contributed by atoms with E-state index in [2.05, 4.69) is 41.8 Å². The molecule has 0 radical (unpaired) electrons. The van der Waals surface area contributed by atoms with Crippen molar-refractivity contribution in [1.29, 1.82) is 0 Å². The SMILES string of the molecule is COCC1(CNC(=O)C(C)Sc2ccc(C)cc2)CCNCC1. The van der Waals surface area contributed by atoms with E-state index < -0.39 is 0 Å². The molecule has 1 aliphatic rings. The predicted molar refractivity (Wildman–Crippen MR) is 95.9 cm³/mol. The number of piperidine rings is 1. The maximum Gasteiger partial charge on any atom is 0.233 e. The average Bonchev–Trinajstić information content (AvgIpc) is 2.56. The van der Waals surface area contributed by atoms with Gasteiger partial charge in [0.25, 0.3) is 0 Å². The number of carbonyl (C=O) groups excluding carboxylic acids is 1. The normalized spacial score (nSPS) is 18.4. The fourth-order valence-electron chi connectivity index (χ4n) is 2.93. The van der Waals surface area contributed by atoms with Crippen LogP contribution in [-0.2, 0) is 9.53 Å². The number of methoxy groups -OCH3 is 1. The molecule has 128 valence electrons. The third kappa shape index (κ3) is 5.52. The average molecular weight is 337 g/mol. The molecular formula is C18H28N2O2S. The van der Waals surface area contributed by atoms with Gasteiger partial charge >= 0.3 is 0 Å². The third-order valence-corrected chi connectivity index (χ3v) is 5.57. The third-order valence-electron chi connectivity index (χ3n) is 4.46. The Kier molecular flexibility index (Phi) is 6.93. The first kappa shape index (κ1) is 18.3. The standard InChI is InChI=1S/C18H28N2O2S/c1-14-4-6-16(7-5-14)23-15(2)17(21)20-12-18(13-22-3)8-10-19-11-9-18/h4-7,15,19H,8-13H2,1-3H3,(H,20,21). The number of rotatable bonds is 7. The van der Waals surface area contributed by atoms with Crippen LogP contribution in [0.15, 0.2) is 29.2 Å². The molecule has 1 unspecified atom stereocenters. The second-order valence-electron chi connectivity index (χ2n) is 6.47. The van der Waals surface area contributed by atoms with Gasteiger partial charge in [0.2, 0.25) is 5.91 Å². The molecule has 0 aliphatic carbocycles. The van der Waals surface area contributed by atoms with E-state index in [9.17, 15) is 4.79 Å². The van der Waals surface area contributed by atoms with Gasteiger partial charge in [-0.25, -0.2) is 0 Å². The van der Waals surface area contributed by atoms with Crippen LogP contribution in [0.3, 0.4) is 0 Å². The molecule has 1 saturated heterocycles. The maximum atomic E-state index is 12.4. The van der Waals surface area contributed by atoms with Crippen molar-refractivity contribution in [3.63, 3.8) is 0 Å². The van der Waals surface area contributed by atoms with Crippen LogP contribution < -0.4 is 10.6 Å². The van der Waals surface area contributed by atoms with Crippen LogP contribution in [0, 0.1) is 12.3 Å². The van der Waals surface area contributed by atoms with E-state index in [1.807, 2.05) is 6.92 Å². The predicted octanol–water partition coefficient (Wildman–Crippen LogP) is 2.61. The molecule has 1 aliphatic heterocycles. The summed E-state index contributed by atoms with van der Waals surface area (Å²) in [6, 6.07) is 8.30. The first-order valence-corrected chi connectivity index (χ1v) is 9.13. The van der Waals surface area contributed by atoms with Crippen LogP contribution in [-0.4, -0.2) is 44.5 Å². The molecule has 5 heteroatoms. The van der Waals surface area contributed by atoms with E-state index in [1.54, 1.807) is 18.9 Å². The van der Waals surface area contributed by atoms with Gasteiger partial charge in [0.1, 0.15) is 0 Å². The zero-order valence-electron chi connectivity index (χ0n) is 14.4. The van der Waals surface area contributed by atoms with Gasteiger partial charge in [0.15, 0.2) is 0 Å². The van der Waals surface area contributed by atoms with E-state index in [4.69, 9.17) is 4.74 Å². The van der Waals surface area contributed by atoms with Gasteiger partial charge in [-0.2, -0.15) is 0 Å². The summed E-state index contributed by atoms with van der Waals surface area (Å²) in [5.74, 6) is 0.101. The van der Waals surface area contributed by atoms with Gasteiger partial charge in [0, 0.05) is 24.0 Å². The zero-order valence-corrected chi connectivity index (χ0v) is 15.2. The lowest BCUT2D eigenvalue weighted by Crippen LogP contribution is -2.48. The van der Waals surface area contributed by atoms with Crippen molar-refractivity contribution < 1.29 is 9.53 Å². The van der Waals surface area contributed by atoms with Crippen molar-refractivity contribution in [2.45, 2.75) is 36.8 Å². The van der Waals surface area contributed by atoms with E-state index in [0.29, 0.717) is 13.2 Å². The molecule has 0 spiro atoms. The number of hydrogen-bond acceptors (Lipinski definition) is 4. The largest absolute Gasteiger partial charge is 0.384 e. The Morgan fingerprint density at radius 1 is 1.35 bits per heavy atom. The van der Waals surface area contributed by atoms with E-state index in [1.165, 1.54) is 5.56 Å². The zero-order chi connectivity index (χ0) is 16.7. The number of carbonyl (C=O) groups is 1. The second-order valence-corrected chi connectivity index (χ2v) is 7.89. The Balaban J connectivity index is 1.85. The van der Waals surface area contributed by atoms with Gasteiger partial charge in [-0.05, 0) is 51.9 Å². The minimum Gasteiger partial charge on any atom is -0.384 e. The van der Waals surface area contributed by atoms with Gasteiger partial charge in [-0.3, -0.25) is 4.79 Å². The Labute approximate surface area is 143 Å². The molecule has 1 aromatic rings. The minimum absolute atomic E-state index is 0.0733. The fourth-order valence-corrected chi connectivity index (χ4v) is 3.82. The molecule has 2 rings (SSSR count). The highest BCUT2D eigenvalue weighted by Gasteiger charge is 2.33. The molecule has 23 heavy (non-hydrogen) atoms. The lowest BCUT2D eigenvalue weighted by molar-refractivity contribution is -0.121. The summed E-state index contributed by atoms with van der Waals surface area (Å²) in [5.41, 5.74) is 1.31. The maximum absolute atomic E-state index is 12.4. The van der Waals surface area contributed by atoms with Crippen molar-refractivity contribution in [3.8, 4) is 0 Å². The Morgan fingerprint density at radius 3 is 2.61 bits per heavy atom. The van der Waals surface area contributed by atoms with E-state index in [-0.39, 0.29) is 16.6 Å². The van der Waals surface area contributed by atoms with Crippen LogP contribution in [0.25, 0.3) is 0 Å². The summed E-state index contributed by atoms with van der Waals surface area (Å²) >= 11 is 1.60. The molecule has 0 aromatic heterocycles. The van der Waals surface area contributed by atoms with Crippen molar-refractivity contribution in [3.05, 3.63) is 29.8 Å². The highest BCUT2D eigenvalue weighted by atomic mass is 32.2. The smallest absolute Gasteiger partial charge is 0.233 e. The number of thioether (sulfide) groups is 1. The Hall–Kier alpha value is -1.04. The van der Waals surface area contributed by atoms with Crippen LogP contribution in [0.2, 0.25) is 0 Å². The highest BCUT2D eigenvalue weighted by Crippen LogP contribution is 2.29. The van der Waals surface area contributed by atoms with Crippen LogP contribution in [0.1, 0.15) is 25.3 Å². The molecule has 1 amide bonds. The number of hydrogen-bond donors (Lipinski definition) is 2. The number of aryl methyl sites for hydroxylation is 1. The van der Waals surface area contributed by atoms with Crippen molar-refractivity contribution in [1.82, 2.24) is 10.6 Å². The lowest BCUT2D eigenvalue weighted by atomic mass is 9.79. The van der Waals surface area contributed by atoms with Crippen molar-refractivity contribution in [2.24, 2.45) is 5.41 Å². The topological polar surface area (TPSA) is 50.4 Å². The van der Waals surface area contributed by atoms with Crippen LogP contribution in [0.5, 0.6) is 0 Å².